The van der Waals surface area contributed by atoms with Crippen LogP contribution in [0.5, 0.6) is 0 Å². The summed E-state index contributed by atoms with van der Waals surface area (Å²) in [4.78, 5) is 12.2. The molecule has 2 heterocycles. The van der Waals surface area contributed by atoms with Crippen LogP contribution in [-0.4, -0.2) is 111 Å². The Morgan fingerprint density at radius 1 is 0.941 bits per heavy atom. The van der Waals surface area contributed by atoms with E-state index in [1.54, 1.807) is 13.8 Å². The van der Waals surface area contributed by atoms with E-state index in [1.807, 2.05) is 0 Å². The molecule has 6 N–H and O–H groups in total. The molecule has 10 atom stereocenters. The Hall–Kier alpha value is -0.540. The number of thiol groups is 1. The Morgan fingerprint density at radius 3 is 2.21 bits per heavy atom. The molecule has 0 aromatic rings. The second-order valence-corrected chi connectivity index (χ2v) is 10.2. The van der Waals surface area contributed by atoms with Crippen molar-refractivity contribution >= 4 is 18.5 Å². The molecular weight excluding hydrogens is 470 g/mol. The molecular formula is C22H41NO10S. The highest BCUT2D eigenvalue weighted by Crippen LogP contribution is 2.29. The number of hydrogen-bond donors (Lipinski definition) is 7. The fourth-order valence-corrected chi connectivity index (χ4v) is 4.24. The van der Waals surface area contributed by atoms with Gasteiger partial charge in [-0.25, -0.2) is 0 Å². The minimum absolute atomic E-state index is 0.201. The first-order chi connectivity index (χ1) is 15.9. The van der Waals surface area contributed by atoms with Crippen molar-refractivity contribution in [2.75, 3.05) is 12.4 Å². The maximum absolute atomic E-state index is 12.2. The molecule has 11 nitrogen and oxygen atoms in total. The molecule has 34 heavy (non-hydrogen) atoms. The van der Waals surface area contributed by atoms with Crippen LogP contribution in [0.4, 0.5) is 0 Å². The second kappa shape index (κ2) is 13.1. The molecule has 0 aromatic heterocycles. The third kappa shape index (κ3) is 8.26. The zero-order valence-corrected chi connectivity index (χ0v) is 21.1. The summed E-state index contributed by atoms with van der Waals surface area (Å²) in [5, 5.41) is 54.8. The van der Waals surface area contributed by atoms with Gasteiger partial charge in [0.15, 0.2) is 12.6 Å². The standard InChI is InChI=1S/C22H41NO10S/c1-11-14(23-13(24)10-22(3,4)29)16(26)17(27)21(31-11)33-19-15(25)12(2)32-20(18(19)28)30-8-6-5-7-9-34/h11-12,14-21,25-29,34H,5-10H2,1-4H3,(H,23,24)/t11-,12+,14-,15+,16+,17-,18-,19-,20-,21+/m1/s1. The van der Waals surface area contributed by atoms with Crippen LogP contribution in [0.15, 0.2) is 0 Å². The number of carbonyl (C=O) groups excluding carboxylic acids is 1. The number of aliphatic hydroxyl groups excluding tert-OH is 4. The first kappa shape index (κ1) is 29.7. The van der Waals surface area contributed by atoms with E-state index in [-0.39, 0.29) is 6.42 Å². The fraction of sp³-hybridized carbons (Fsp3) is 0.955. The van der Waals surface area contributed by atoms with Crippen LogP contribution in [0.3, 0.4) is 0 Å². The zero-order chi connectivity index (χ0) is 25.6. The van der Waals surface area contributed by atoms with Crippen LogP contribution in [0.25, 0.3) is 0 Å². The molecule has 0 aliphatic carbocycles. The summed E-state index contributed by atoms with van der Waals surface area (Å²) in [6.07, 6.45) is -8.40. The predicted octanol–water partition coefficient (Wildman–Crippen LogP) is -0.933. The van der Waals surface area contributed by atoms with Gasteiger partial charge < -0.3 is 49.8 Å². The summed E-state index contributed by atoms with van der Waals surface area (Å²) >= 11 is 4.16. The van der Waals surface area contributed by atoms with Crippen molar-refractivity contribution in [3.63, 3.8) is 0 Å². The maximum atomic E-state index is 12.2. The van der Waals surface area contributed by atoms with Gasteiger partial charge >= 0.3 is 0 Å². The number of aliphatic hydroxyl groups is 5. The van der Waals surface area contributed by atoms with Gasteiger partial charge in [-0.1, -0.05) is 6.42 Å². The minimum Gasteiger partial charge on any atom is -0.390 e. The second-order valence-electron chi connectivity index (χ2n) is 9.72. The van der Waals surface area contributed by atoms with E-state index in [9.17, 15) is 30.3 Å². The number of ether oxygens (including phenoxy) is 4. The van der Waals surface area contributed by atoms with Crippen molar-refractivity contribution in [3.8, 4) is 0 Å². The van der Waals surface area contributed by atoms with Crippen LogP contribution in [-0.2, 0) is 23.7 Å². The topological polar surface area (TPSA) is 167 Å². The predicted molar refractivity (Wildman–Crippen MR) is 124 cm³/mol. The molecule has 1 amide bonds. The van der Waals surface area contributed by atoms with Crippen molar-refractivity contribution in [2.24, 2.45) is 0 Å². The summed E-state index contributed by atoms with van der Waals surface area (Å²) < 4.78 is 22.6. The van der Waals surface area contributed by atoms with Crippen LogP contribution in [0.2, 0.25) is 0 Å². The Kier molecular flexibility index (Phi) is 11.5. The van der Waals surface area contributed by atoms with Crippen molar-refractivity contribution in [1.29, 1.82) is 0 Å². The Morgan fingerprint density at radius 2 is 1.59 bits per heavy atom. The highest BCUT2D eigenvalue weighted by Gasteiger charge is 2.50. The quantitative estimate of drug-likeness (QED) is 0.136. The van der Waals surface area contributed by atoms with Gasteiger partial charge in [0, 0.05) is 6.61 Å². The Balaban J connectivity index is 1.99. The van der Waals surface area contributed by atoms with E-state index >= 15 is 0 Å². The summed E-state index contributed by atoms with van der Waals surface area (Å²) in [5.74, 6) is 0.261. The van der Waals surface area contributed by atoms with Gasteiger partial charge in [-0.2, -0.15) is 12.6 Å². The van der Waals surface area contributed by atoms with E-state index < -0.39 is 72.9 Å². The third-order valence-corrected chi connectivity index (χ3v) is 6.25. The van der Waals surface area contributed by atoms with Crippen LogP contribution in [0.1, 0.15) is 53.4 Å². The average molecular weight is 512 g/mol. The van der Waals surface area contributed by atoms with Gasteiger partial charge in [0.1, 0.15) is 30.5 Å². The Bertz CT molecular complexity index is 635. The largest absolute Gasteiger partial charge is 0.390 e. The van der Waals surface area contributed by atoms with E-state index in [1.165, 1.54) is 13.8 Å². The lowest BCUT2D eigenvalue weighted by Crippen LogP contribution is -2.66. The monoisotopic (exact) mass is 511 g/mol. The molecule has 0 spiro atoms. The molecule has 2 aliphatic rings. The van der Waals surface area contributed by atoms with Gasteiger partial charge in [0.05, 0.1) is 30.3 Å². The molecule has 0 aromatic carbocycles. The number of nitrogens with one attached hydrogen (secondary N) is 1. The number of rotatable bonds is 11. The SMILES string of the molecule is C[C@@H]1O[C@@H](OCCCCCS)[C@H](O)[C@H](O[C@@H]2O[C@H](C)[C@@H](NC(=O)CC(C)(C)O)[C@H](O)[C@H]2O)[C@H]1O. The van der Waals surface area contributed by atoms with Crippen LogP contribution < -0.4 is 5.32 Å². The van der Waals surface area contributed by atoms with Crippen molar-refractivity contribution in [2.45, 2.75) is 120 Å². The highest BCUT2D eigenvalue weighted by atomic mass is 32.1. The normalized spacial score (nSPS) is 39.1. The van der Waals surface area contributed by atoms with E-state index in [4.69, 9.17) is 18.9 Å². The smallest absolute Gasteiger partial charge is 0.223 e. The molecule has 0 bridgehead atoms. The molecule has 2 fully saturated rings. The van der Waals surface area contributed by atoms with Gasteiger partial charge in [0.2, 0.25) is 5.91 Å². The van der Waals surface area contributed by atoms with Gasteiger partial charge in [-0.3, -0.25) is 4.79 Å². The van der Waals surface area contributed by atoms with Crippen molar-refractivity contribution in [3.05, 3.63) is 0 Å². The first-order valence-corrected chi connectivity index (χ1v) is 12.4. The summed E-state index contributed by atoms with van der Waals surface area (Å²) in [5.41, 5.74) is -1.24. The van der Waals surface area contributed by atoms with Gasteiger partial charge in [-0.15, -0.1) is 0 Å². The fourth-order valence-electron chi connectivity index (χ4n) is 4.01. The van der Waals surface area contributed by atoms with Crippen LogP contribution in [0, 0.1) is 0 Å². The zero-order valence-electron chi connectivity index (χ0n) is 20.2. The van der Waals surface area contributed by atoms with E-state index in [0.29, 0.717) is 6.61 Å². The molecule has 12 heteroatoms. The lowest BCUT2D eigenvalue weighted by Gasteiger charge is -2.46. The number of amides is 1. The number of carbonyl (C=O) groups is 1. The molecule has 0 radical (unpaired) electrons. The summed E-state index contributed by atoms with van der Waals surface area (Å²) in [6, 6.07) is -0.957. The van der Waals surface area contributed by atoms with Gasteiger partial charge in [-0.05, 0) is 46.3 Å². The minimum atomic E-state index is -1.58. The van der Waals surface area contributed by atoms with E-state index in [0.717, 1.165) is 25.0 Å². The summed E-state index contributed by atoms with van der Waals surface area (Å²) in [7, 11) is 0. The molecule has 2 rings (SSSR count). The molecule has 200 valence electrons. The van der Waals surface area contributed by atoms with Crippen molar-refractivity contribution in [1.82, 2.24) is 5.32 Å². The lowest BCUT2D eigenvalue weighted by molar-refractivity contribution is -0.347. The third-order valence-electron chi connectivity index (χ3n) is 5.93. The van der Waals surface area contributed by atoms with E-state index in [2.05, 4.69) is 17.9 Å². The maximum Gasteiger partial charge on any atom is 0.223 e. The van der Waals surface area contributed by atoms with Gasteiger partial charge in [0.25, 0.3) is 0 Å². The van der Waals surface area contributed by atoms with Crippen LogP contribution >= 0.6 is 12.6 Å². The molecule has 2 saturated heterocycles. The van der Waals surface area contributed by atoms with Crippen molar-refractivity contribution < 1.29 is 49.3 Å². The lowest BCUT2D eigenvalue weighted by atomic mass is 9.95. The average Bonchev–Trinajstić information content (AvgIpc) is 2.74. The summed E-state index contributed by atoms with van der Waals surface area (Å²) in [6.45, 7) is 6.49. The highest BCUT2D eigenvalue weighted by molar-refractivity contribution is 7.80. The number of hydrogen-bond acceptors (Lipinski definition) is 11. The molecule has 0 unspecified atom stereocenters. The molecule has 0 saturated carbocycles. The molecule has 2 aliphatic heterocycles. The Labute approximate surface area is 206 Å². The first-order valence-electron chi connectivity index (χ1n) is 11.8. The number of unbranched alkanes of at least 4 members (excludes halogenated alkanes) is 2.